The monoisotopic (exact) mass is 376 g/mol. The van der Waals surface area contributed by atoms with E-state index >= 15 is 0 Å². The minimum absolute atomic E-state index is 0. The molecule has 4 nitrogen and oxygen atoms in total. The number of rotatable bonds is 7. The van der Waals surface area contributed by atoms with Crippen LogP contribution in [0.2, 0.25) is 0 Å². The predicted molar refractivity (Wildman–Crippen MR) is 108 cm³/mol. The second-order valence-corrected chi connectivity index (χ2v) is 6.53. The molecule has 0 spiro atoms. The van der Waals surface area contributed by atoms with Gasteiger partial charge in [0.1, 0.15) is 0 Å². The van der Waals surface area contributed by atoms with E-state index < -0.39 is 6.10 Å². The van der Waals surface area contributed by atoms with Gasteiger partial charge in [0.15, 0.2) is 0 Å². The first-order valence-electron chi connectivity index (χ1n) is 8.78. The van der Waals surface area contributed by atoms with Crippen molar-refractivity contribution in [3.63, 3.8) is 0 Å². The van der Waals surface area contributed by atoms with Gasteiger partial charge in [-0.2, -0.15) is 0 Å². The minimum atomic E-state index is -0.704. The quantitative estimate of drug-likeness (QED) is 0.775. The third kappa shape index (κ3) is 5.56. The maximum absolute atomic E-state index is 12.8. The molecule has 0 heterocycles. The fourth-order valence-corrected chi connectivity index (χ4v) is 2.88. The Bertz CT molecular complexity index is 676. The topological polar surface area (TPSA) is 66.6 Å². The van der Waals surface area contributed by atoms with Crippen molar-refractivity contribution in [1.82, 2.24) is 4.90 Å². The molecular formula is C21H29ClN2O2. The standard InChI is InChI=1S/C21H28N2O2.ClH/c1-4-23(14-19(24)17-12-10-15(2)11-13-17)21(25)16(3)20(22)18-8-6-5-7-9-18;/h5-13,16,19-20,24H,4,14,22H2,1-3H3;1H. The molecule has 0 radical (unpaired) electrons. The number of aliphatic hydroxyl groups is 1. The molecule has 0 saturated carbocycles. The molecule has 0 aliphatic heterocycles. The summed E-state index contributed by atoms with van der Waals surface area (Å²) in [6.07, 6.45) is -0.704. The Morgan fingerprint density at radius 2 is 1.65 bits per heavy atom. The van der Waals surface area contributed by atoms with E-state index in [9.17, 15) is 9.90 Å². The lowest BCUT2D eigenvalue weighted by Gasteiger charge is -2.29. The van der Waals surface area contributed by atoms with Crippen LogP contribution in [-0.4, -0.2) is 29.0 Å². The number of amides is 1. The average molecular weight is 377 g/mol. The van der Waals surface area contributed by atoms with Crippen molar-refractivity contribution >= 4 is 18.3 Å². The van der Waals surface area contributed by atoms with Gasteiger partial charge >= 0.3 is 0 Å². The van der Waals surface area contributed by atoms with Crippen molar-refractivity contribution in [3.05, 3.63) is 71.3 Å². The lowest BCUT2D eigenvalue weighted by atomic mass is 9.94. The van der Waals surface area contributed by atoms with Crippen LogP contribution in [0.4, 0.5) is 0 Å². The average Bonchev–Trinajstić information content (AvgIpc) is 2.65. The maximum atomic E-state index is 12.8. The number of nitrogens with zero attached hydrogens (tertiary/aromatic N) is 1. The molecule has 0 fully saturated rings. The summed E-state index contributed by atoms with van der Waals surface area (Å²) in [5, 5.41) is 10.5. The molecule has 3 N–H and O–H groups in total. The number of benzene rings is 2. The fourth-order valence-electron chi connectivity index (χ4n) is 2.88. The maximum Gasteiger partial charge on any atom is 0.227 e. The van der Waals surface area contributed by atoms with Crippen molar-refractivity contribution in [2.75, 3.05) is 13.1 Å². The molecule has 142 valence electrons. The van der Waals surface area contributed by atoms with Crippen molar-refractivity contribution in [1.29, 1.82) is 0 Å². The summed E-state index contributed by atoms with van der Waals surface area (Å²) in [6, 6.07) is 17.0. The third-order valence-electron chi connectivity index (χ3n) is 4.66. The van der Waals surface area contributed by atoms with E-state index in [2.05, 4.69) is 0 Å². The van der Waals surface area contributed by atoms with Crippen molar-refractivity contribution < 1.29 is 9.90 Å². The minimum Gasteiger partial charge on any atom is -0.387 e. The zero-order chi connectivity index (χ0) is 18.4. The van der Waals surface area contributed by atoms with Crippen molar-refractivity contribution in [3.8, 4) is 0 Å². The van der Waals surface area contributed by atoms with E-state index in [1.54, 1.807) is 4.90 Å². The molecule has 0 aliphatic carbocycles. The number of nitrogens with two attached hydrogens (primary N) is 1. The summed E-state index contributed by atoms with van der Waals surface area (Å²) in [6.45, 7) is 6.57. The van der Waals surface area contributed by atoms with Gasteiger partial charge < -0.3 is 15.7 Å². The summed E-state index contributed by atoms with van der Waals surface area (Å²) >= 11 is 0. The number of hydrogen-bond acceptors (Lipinski definition) is 3. The third-order valence-corrected chi connectivity index (χ3v) is 4.66. The molecule has 0 aliphatic rings. The molecule has 5 heteroatoms. The van der Waals surface area contributed by atoms with E-state index in [-0.39, 0.29) is 36.8 Å². The van der Waals surface area contributed by atoms with Gasteiger partial charge in [-0.05, 0) is 25.0 Å². The highest BCUT2D eigenvalue weighted by atomic mass is 35.5. The fraction of sp³-hybridized carbons (Fsp3) is 0.381. The van der Waals surface area contributed by atoms with E-state index in [4.69, 9.17) is 5.73 Å². The molecule has 0 aromatic heterocycles. The normalized spacial score (nSPS) is 14.0. The van der Waals surface area contributed by atoms with Crippen LogP contribution in [0.1, 0.15) is 42.7 Å². The van der Waals surface area contributed by atoms with Crippen molar-refractivity contribution in [2.45, 2.75) is 32.9 Å². The van der Waals surface area contributed by atoms with Crippen LogP contribution < -0.4 is 5.73 Å². The molecule has 1 amide bonds. The van der Waals surface area contributed by atoms with Crippen LogP contribution in [0.5, 0.6) is 0 Å². The number of hydrogen-bond donors (Lipinski definition) is 2. The molecule has 0 saturated heterocycles. The Morgan fingerprint density at radius 3 is 2.19 bits per heavy atom. The molecule has 26 heavy (non-hydrogen) atoms. The number of likely N-dealkylation sites (N-methyl/N-ethyl adjacent to an activating group) is 1. The number of halogens is 1. The van der Waals surface area contributed by atoms with Crippen LogP contribution in [0.15, 0.2) is 54.6 Å². The van der Waals surface area contributed by atoms with Crippen LogP contribution in [0.25, 0.3) is 0 Å². The van der Waals surface area contributed by atoms with Crippen molar-refractivity contribution in [2.24, 2.45) is 11.7 Å². The van der Waals surface area contributed by atoms with Gasteiger partial charge in [-0.3, -0.25) is 4.79 Å². The Hall–Kier alpha value is -1.88. The lowest BCUT2D eigenvalue weighted by Crippen LogP contribution is -2.41. The van der Waals surface area contributed by atoms with Gasteiger partial charge in [0, 0.05) is 12.6 Å². The molecule has 0 bridgehead atoms. The van der Waals surface area contributed by atoms with E-state index in [1.165, 1.54) is 0 Å². The van der Waals surface area contributed by atoms with Gasteiger partial charge in [0.05, 0.1) is 18.6 Å². The van der Waals surface area contributed by atoms with E-state index in [1.807, 2.05) is 75.4 Å². The summed E-state index contributed by atoms with van der Waals surface area (Å²) in [5.41, 5.74) is 9.18. The second kappa shape index (κ2) is 10.3. The highest BCUT2D eigenvalue weighted by Crippen LogP contribution is 2.22. The van der Waals surface area contributed by atoms with Gasteiger partial charge in [0.25, 0.3) is 0 Å². The smallest absolute Gasteiger partial charge is 0.227 e. The van der Waals surface area contributed by atoms with Gasteiger partial charge in [0.2, 0.25) is 5.91 Å². The summed E-state index contributed by atoms with van der Waals surface area (Å²) in [4.78, 5) is 14.5. The van der Waals surface area contributed by atoms with E-state index in [0.717, 1.165) is 16.7 Å². The SMILES string of the molecule is CCN(CC(O)c1ccc(C)cc1)C(=O)C(C)C(N)c1ccccc1.Cl. The summed E-state index contributed by atoms with van der Waals surface area (Å²) < 4.78 is 0. The van der Waals surface area contributed by atoms with Crippen LogP contribution in [0, 0.1) is 12.8 Å². The van der Waals surface area contributed by atoms with Gasteiger partial charge in [-0.15, -0.1) is 12.4 Å². The van der Waals surface area contributed by atoms with Crippen LogP contribution >= 0.6 is 12.4 Å². The number of carbonyl (C=O) groups excluding carboxylic acids is 1. The molecule has 2 aromatic rings. The van der Waals surface area contributed by atoms with Gasteiger partial charge in [-0.25, -0.2) is 0 Å². The molecule has 2 rings (SSSR count). The highest BCUT2D eigenvalue weighted by molar-refractivity contribution is 5.85. The number of aryl methyl sites for hydroxylation is 1. The summed E-state index contributed by atoms with van der Waals surface area (Å²) in [7, 11) is 0. The zero-order valence-corrected chi connectivity index (χ0v) is 16.4. The first-order chi connectivity index (χ1) is 11.9. The number of aliphatic hydroxyl groups excluding tert-OH is 1. The predicted octanol–water partition coefficient (Wildman–Crippen LogP) is 3.63. The Labute approximate surface area is 162 Å². The largest absolute Gasteiger partial charge is 0.387 e. The summed E-state index contributed by atoms with van der Waals surface area (Å²) in [5.74, 6) is -0.391. The molecule has 3 atom stereocenters. The molecule has 2 aromatic carbocycles. The first-order valence-corrected chi connectivity index (χ1v) is 8.78. The van der Waals surface area contributed by atoms with E-state index in [0.29, 0.717) is 6.54 Å². The van der Waals surface area contributed by atoms with Gasteiger partial charge in [-0.1, -0.05) is 67.1 Å². The number of carbonyl (C=O) groups is 1. The van der Waals surface area contributed by atoms with Crippen LogP contribution in [0.3, 0.4) is 0 Å². The Kier molecular flexibility index (Phi) is 8.79. The highest BCUT2D eigenvalue weighted by Gasteiger charge is 2.27. The molecule has 3 unspecified atom stereocenters. The lowest BCUT2D eigenvalue weighted by molar-refractivity contribution is -0.137. The first kappa shape index (κ1) is 22.2. The Morgan fingerprint density at radius 1 is 1.08 bits per heavy atom. The van der Waals surface area contributed by atoms with Crippen LogP contribution in [-0.2, 0) is 4.79 Å². The Balaban J connectivity index is 0.00000338. The zero-order valence-electron chi connectivity index (χ0n) is 15.6. The molecular weight excluding hydrogens is 348 g/mol. The second-order valence-electron chi connectivity index (χ2n) is 6.53.